The molecule has 3 rings (SSSR count). The van der Waals surface area contributed by atoms with Crippen LogP contribution in [-0.2, 0) is 4.74 Å². The second-order valence-corrected chi connectivity index (χ2v) is 5.97. The number of methoxy groups -OCH3 is 1. The third-order valence-corrected chi connectivity index (χ3v) is 4.09. The summed E-state index contributed by atoms with van der Waals surface area (Å²) in [4.78, 5) is 16.3. The lowest BCUT2D eigenvalue weighted by Crippen LogP contribution is -2.11. The minimum Gasteiger partial charge on any atom is -0.464 e. The zero-order valence-corrected chi connectivity index (χ0v) is 15.2. The van der Waals surface area contributed by atoms with Gasteiger partial charge < -0.3 is 19.8 Å². The van der Waals surface area contributed by atoms with Crippen molar-refractivity contribution >= 4 is 11.7 Å². The fraction of sp³-hybridized carbons (Fsp3) is 0.150. The Labute approximate surface area is 156 Å². The molecule has 0 bridgehead atoms. The Balaban J connectivity index is 2.00. The van der Waals surface area contributed by atoms with E-state index in [2.05, 4.69) is 4.98 Å². The molecule has 0 aliphatic rings. The van der Waals surface area contributed by atoms with Gasteiger partial charge in [0.2, 0.25) is 0 Å². The summed E-state index contributed by atoms with van der Waals surface area (Å²) < 4.78 is 12.2. The minimum atomic E-state index is -0.613. The Kier molecular flexibility index (Phi) is 4.81. The number of aryl methyl sites for hydroxylation is 2. The largest absolute Gasteiger partial charge is 0.464 e. The second-order valence-electron chi connectivity index (χ2n) is 5.97. The van der Waals surface area contributed by atoms with Gasteiger partial charge in [0.15, 0.2) is 5.69 Å². The third-order valence-electron chi connectivity index (χ3n) is 4.09. The van der Waals surface area contributed by atoms with Crippen LogP contribution in [0.3, 0.4) is 0 Å². The van der Waals surface area contributed by atoms with Gasteiger partial charge in [0.25, 0.3) is 0 Å². The molecule has 0 unspecified atom stereocenters. The van der Waals surface area contributed by atoms with Crippen molar-refractivity contribution in [3.63, 3.8) is 0 Å². The molecule has 27 heavy (non-hydrogen) atoms. The Hall–Kier alpha value is -3.79. The van der Waals surface area contributed by atoms with E-state index >= 15 is 0 Å². The SMILES string of the molecule is COC(=O)c1c(N)c(C#N)cn1-c1ccc(Oc2ccc(C)nc2)c(C)c1. The molecule has 136 valence electrons. The number of hydrogen-bond acceptors (Lipinski definition) is 6. The van der Waals surface area contributed by atoms with E-state index in [1.54, 1.807) is 22.9 Å². The predicted molar refractivity (Wildman–Crippen MR) is 100 cm³/mol. The maximum absolute atomic E-state index is 12.1. The predicted octanol–water partition coefficient (Wildman–Crippen LogP) is 3.52. The lowest BCUT2D eigenvalue weighted by molar-refractivity contribution is 0.0593. The zero-order valence-electron chi connectivity index (χ0n) is 15.2. The standard InChI is InChI=1S/C20H18N4O3/c1-12-8-15(5-7-17(12)27-16-6-4-13(2)23-10-16)24-11-14(9-21)18(22)19(24)20(25)26-3/h4-8,10-11H,22H2,1-3H3. The molecular weight excluding hydrogens is 344 g/mol. The zero-order chi connectivity index (χ0) is 19.6. The Morgan fingerprint density at radius 3 is 2.63 bits per heavy atom. The molecule has 0 saturated carbocycles. The van der Waals surface area contributed by atoms with E-state index in [4.69, 9.17) is 15.2 Å². The molecule has 0 atom stereocenters. The highest BCUT2D eigenvalue weighted by atomic mass is 16.5. The molecule has 2 heterocycles. The van der Waals surface area contributed by atoms with Gasteiger partial charge >= 0.3 is 5.97 Å². The minimum absolute atomic E-state index is 0.0908. The summed E-state index contributed by atoms with van der Waals surface area (Å²) in [6.07, 6.45) is 3.17. The first-order chi connectivity index (χ1) is 12.9. The lowest BCUT2D eigenvalue weighted by atomic mass is 10.2. The number of nitrogens with zero attached hydrogens (tertiary/aromatic N) is 3. The molecule has 0 fully saturated rings. The molecule has 0 saturated heterocycles. The average Bonchev–Trinajstić information content (AvgIpc) is 3.01. The smallest absolute Gasteiger partial charge is 0.357 e. The van der Waals surface area contributed by atoms with Crippen LogP contribution in [0.2, 0.25) is 0 Å². The first-order valence-corrected chi connectivity index (χ1v) is 8.15. The number of benzene rings is 1. The molecule has 0 amide bonds. The van der Waals surface area contributed by atoms with Gasteiger partial charge in [0, 0.05) is 17.6 Å². The van der Waals surface area contributed by atoms with Gasteiger partial charge in [-0.1, -0.05) is 0 Å². The summed E-state index contributed by atoms with van der Waals surface area (Å²) in [5, 5.41) is 9.22. The van der Waals surface area contributed by atoms with Crippen LogP contribution in [0.4, 0.5) is 5.69 Å². The van der Waals surface area contributed by atoms with Crippen molar-refractivity contribution in [2.24, 2.45) is 0 Å². The number of anilines is 1. The van der Waals surface area contributed by atoms with Crippen LogP contribution in [0, 0.1) is 25.2 Å². The summed E-state index contributed by atoms with van der Waals surface area (Å²) in [6.45, 7) is 3.79. The van der Waals surface area contributed by atoms with E-state index in [9.17, 15) is 10.1 Å². The van der Waals surface area contributed by atoms with Crippen LogP contribution < -0.4 is 10.5 Å². The van der Waals surface area contributed by atoms with E-state index in [-0.39, 0.29) is 16.9 Å². The highest BCUT2D eigenvalue weighted by Gasteiger charge is 2.22. The molecule has 7 heteroatoms. The van der Waals surface area contributed by atoms with E-state index in [0.717, 1.165) is 11.3 Å². The number of nitriles is 1. The molecule has 0 aliphatic carbocycles. The Bertz CT molecular complexity index is 1050. The lowest BCUT2D eigenvalue weighted by Gasteiger charge is -2.13. The van der Waals surface area contributed by atoms with Crippen molar-refractivity contribution in [3.05, 3.63) is 65.2 Å². The Morgan fingerprint density at radius 2 is 2.04 bits per heavy atom. The van der Waals surface area contributed by atoms with Crippen LogP contribution >= 0.6 is 0 Å². The number of nitrogen functional groups attached to an aromatic ring is 1. The number of hydrogen-bond donors (Lipinski definition) is 1. The fourth-order valence-electron chi connectivity index (χ4n) is 2.66. The number of esters is 1. The van der Waals surface area contributed by atoms with Crippen LogP contribution in [0.5, 0.6) is 11.5 Å². The van der Waals surface area contributed by atoms with Crippen molar-refractivity contribution in [2.45, 2.75) is 13.8 Å². The molecule has 7 nitrogen and oxygen atoms in total. The maximum atomic E-state index is 12.1. The molecule has 2 N–H and O–H groups in total. The summed E-state index contributed by atoms with van der Waals surface area (Å²) in [5.41, 5.74) is 8.76. The number of rotatable bonds is 4. The van der Waals surface area contributed by atoms with Crippen molar-refractivity contribution in [1.29, 1.82) is 5.26 Å². The summed E-state index contributed by atoms with van der Waals surface area (Å²) in [5.74, 6) is 0.672. The van der Waals surface area contributed by atoms with Crippen molar-refractivity contribution in [2.75, 3.05) is 12.8 Å². The summed E-state index contributed by atoms with van der Waals surface area (Å²) in [7, 11) is 1.27. The van der Waals surface area contributed by atoms with Gasteiger partial charge in [-0.15, -0.1) is 0 Å². The first kappa shape index (κ1) is 18.0. The number of carbonyl (C=O) groups excluding carboxylic acids is 1. The molecule has 0 radical (unpaired) electrons. The molecule has 2 aromatic heterocycles. The molecular formula is C20H18N4O3. The molecule has 0 spiro atoms. The molecule has 1 aromatic carbocycles. The van der Waals surface area contributed by atoms with E-state index < -0.39 is 5.97 Å². The molecule has 0 aliphatic heterocycles. The van der Waals surface area contributed by atoms with E-state index in [0.29, 0.717) is 17.2 Å². The number of ether oxygens (including phenoxy) is 2. The topological polar surface area (TPSA) is 103 Å². The third kappa shape index (κ3) is 3.46. The normalized spacial score (nSPS) is 10.3. The molecule has 3 aromatic rings. The van der Waals surface area contributed by atoms with Crippen LogP contribution in [0.25, 0.3) is 5.69 Å². The van der Waals surface area contributed by atoms with E-state index in [1.807, 2.05) is 38.1 Å². The number of carbonyl (C=O) groups is 1. The van der Waals surface area contributed by atoms with E-state index in [1.165, 1.54) is 13.3 Å². The maximum Gasteiger partial charge on any atom is 0.357 e. The van der Waals surface area contributed by atoms with Crippen molar-refractivity contribution in [1.82, 2.24) is 9.55 Å². The number of nitrogens with two attached hydrogens (primary N) is 1. The summed E-state index contributed by atoms with van der Waals surface area (Å²) >= 11 is 0. The number of aromatic nitrogens is 2. The van der Waals surface area contributed by atoms with Crippen molar-refractivity contribution in [3.8, 4) is 23.3 Å². The highest BCUT2D eigenvalue weighted by Crippen LogP contribution is 2.29. The Morgan fingerprint density at radius 1 is 1.26 bits per heavy atom. The van der Waals surface area contributed by atoms with Crippen LogP contribution in [0.15, 0.2) is 42.7 Å². The van der Waals surface area contributed by atoms with Crippen LogP contribution in [0.1, 0.15) is 27.3 Å². The monoisotopic (exact) mass is 362 g/mol. The highest BCUT2D eigenvalue weighted by molar-refractivity contribution is 5.96. The summed E-state index contributed by atoms with van der Waals surface area (Å²) in [6, 6.07) is 11.1. The second kappa shape index (κ2) is 7.22. The van der Waals surface area contributed by atoms with Gasteiger partial charge in [-0.2, -0.15) is 5.26 Å². The van der Waals surface area contributed by atoms with Crippen LogP contribution in [-0.4, -0.2) is 22.6 Å². The quantitative estimate of drug-likeness (QED) is 0.712. The van der Waals surface area contributed by atoms with Gasteiger partial charge in [0.05, 0.1) is 24.6 Å². The van der Waals surface area contributed by atoms with Crippen molar-refractivity contribution < 1.29 is 14.3 Å². The first-order valence-electron chi connectivity index (χ1n) is 8.15. The van der Waals surface area contributed by atoms with Gasteiger partial charge in [-0.25, -0.2) is 4.79 Å². The number of pyridine rings is 1. The van der Waals surface area contributed by atoms with Gasteiger partial charge in [0.1, 0.15) is 17.6 Å². The average molecular weight is 362 g/mol. The fourth-order valence-corrected chi connectivity index (χ4v) is 2.66. The van der Waals surface area contributed by atoms with Gasteiger partial charge in [-0.3, -0.25) is 4.98 Å². The van der Waals surface area contributed by atoms with Gasteiger partial charge in [-0.05, 0) is 49.7 Å².